The lowest BCUT2D eigenvalue weighted by Crippen LogP contribution is -2.55. The molecule has 2 aliphatic heterocycles. The number of epoxide rings is 2. The molecule has 1 spiro atoms. The molecule has 3 fully saturated rings. The van der Waals surface area contributed by atoms with Gasteiger partial charge in [-0.25, -0.2) is 4.79 Å². The second kappa shape index (κ2) is 10.6. The summed E-state index contributed by atoms with van der Waals surface area (Å²) in [7, 11) is 1.67. The fourth-order valence-corrected chi connectivity index (χ4v) is 5.58. The molecule has 3 aliphatic rings. The van der Waals surface area contributed by atoms with Gasteiger partial charge in [0.05, 0.1) is 35.9 Å². The summed E-state index contributed by atoms with van der Waals surface area (Å²) in [6.07, 6.45) is 7.07. The molecule has 1 aromatic rings. The Labute approximate surface area is 212 Å². The average molecular weight is 506 g/mol. The van der Waals surface area contributed by atoms with Crippen LogP contribution in [0.25, 0.3) is 6.08 Å². The van der Waals surface area contributed by atoms with Crippen LogP contribution in [-0.2, 0) is 23.7 Å². The highest BCUT2D eigenvalue weighted by atomic mass is 35.5. The number of aliphatic hydroxyl groups is 1. The number of ether oxygens (including phenoxy) is 4. The summed E-state index contributed by atoms with van der Waals surface area (Å²) in [5.41, 5.74) is 2.13. The molecule has 0 bridgehead atoms. The summed E-state index contributed by atoms with van der Waals surface area (Å²) in [5.74, 6) is -0.436. The van der Waals surface area contributed by atoms with Crippen molar-refractivity contribution in [1.29, 1.82) is 0 Å². The summed E-state index contributed by atoms with van der Waals surface area (Å²) in [4.78, 5) is 12.8. The van der Waals surface area contributed by atoms with E-state index in [0.717, 1.165) is 18.4 Å². The fourth-order valence-electron chi connectivity index (χ4n) is 5.40. The molecule has 1 saturated carbocycles. The highest BCUT2D eigenvalue weighted by Gasteiger charge is 2.72. The van der Waals surface area contributed by atoms with Crippen molar-refractivity contribution in [2.75, 3.05) is 32.2 Å². The van der Waals surface area contributed by atoms with Crippen molar-refractivity contribution in [3.63, 3.8) is 0 Å². The molecule has 2 N–H and O–H groups in total. The number of carbonyl (C=O) groups is 1. The standard InChI is InChI=1S/C27H36ClNO6/c1-17(2)5-9-22-26(3,35-22)25-24(32-4)21(11-12-27(25)16-33-27)34-23(31)10-7-18-6-8-19(28)20(15-18)29-13-14-30/h5-8,10,15,21-22,24-25,29-30H,9,11-14,16H2,1-4H3/b10-7+/t21-,22-,24-,25-,26+,27+/m1/s1. The zero-order chi connectivity index (χ0) is 25.2. The van der Waals surface area contributed by atoms with Crippen LogP contribution in [0.4, 0.5) is 5.69 Å². The third kappa shape index (κ3) is 5.75. The molecule has 192 valence electrons. The molecular weight excluding hydrogens is 470 g/mol. The first kappa shape index (κ1) is 26.2. The molecule has 1 aliphatic carbocycles. The number of carbonyl (C=O) groups excluding carboxylic acids is 1. The summed E-state index contributed by atoms with van der Waals surface area (Å²) >= 11 is 6.19. The van der Waals surface area contributed by atoms with Gasteiger partial charge in [0.2, 0.25) is 0 Å². The molecule has 1 aromatic carbocycles. The predicted molar refractivity (Wildman–Crippen MR) is 135 cm³/mol. The van der Waals surface area contributed by atoms with Crippen LogP contribution in [0.5, 0.6) is 0 Å². The Balaban J connectivity index is 1.43. The molecule has 8 heteroatoms. The van der Waals surface area contributed by atoms with Crippen molar-refractivity contribution in [1.82, 2.24) is 0 Å². The van der Waals surface area contributed by atoms with E-state index < -0.39 is 5.97 Å². The van der Waals surface area contributed by atoms with Crippen LogP contribution in [0.2, 0.25) is 5.02 Å². The zero-order valence-electron chi connectivity index (χ0n) is 20.9. The van der Waals surface area contributed by atoms with Crippen molar-refractivity contribution in [3.8, 4) is 0 Å². The number of esters is 1. The minimum absolute atomic E-state index is 0.00211. The molecule has 2 heterocycles. The molecule has 0 amide bonds. The van der Waals surface area contributed by atoms with Gasteiger partial charge in [-0.2, -0.15) is 0 Å². The normalized spacial score (nSPS) is 33.5. The number of aliphatic hydroxyl groups excluding tert-OH is 1. The predicted octanol–water partition coefficient (Wildman–Crippen LogP) is 4.38. The molecular formula is C27H36ClNO6. The molecule has 0 radical (unpaired) electrons. The number of nitrogens with one attached hydrogen (secondary N) is 1. The van der Waals surface area contributed by atoms with Gasteiger partial charge in [0, 0.05) is 19.7 Å². The maximum Gasteiger partial charge on any atom is 0.331 e. The summed E-state index contributed by atoms with van der Waals surface area (Å²) < 4.78 is 24.0. The van der Waals surface area contributed by atoms with Crippen molar-refractivity contribution in [3.05, 3.63) is 46.5 Å². The van der Waals surface area contributed by atoms with Gasteiger partial charge in [0.15, 0.2) is 0 Å². The van der Waals surface area contributed by atoms with Crippen LogP contribution in [-0.4, -0.2) is 67.5 Å². The van der Waals surface area contributed by atoms with Crippen LogP contribution in [0.1, 0.15) is 45.6 Å². The van der Waals surface area contributed by atoms with E-state index in [-0.39, 0.29) is 42.0 Å². The summed E-state index contributed by atoms with van der Waals surface area (Å²) in [6, 6.07) is 5.38. The molecule has 35 heavy (non-hydrogen) atoms. The molecule has 6 atom stereocenters. The summed E-state index contributed by atoms with van der Waals surface area (Å²) in [5, 5.41) is 12.6. The molecule has 2 saturated heterocycles. The van der Waals surface area contributed by atoms with Crippen molar-refractivity contribution >= 4 is 29.3 Å². The molecule has 0 unspecified atom stereocenters. The van der Waals surface area contributed by atoms with E-state index in [1.54, 1.807) is 19.3 Å². The Bertz CT molecular complexity index is 986. The van der Waals surface area contributed by atoms with Crippen LogP contribution < -0.4 is 5.32 Å². The van der Waals surface area contributed by atoms with Crippen molar-refractivity contribution in [2.24, 2.45) is 5.92 Å². The van der Waals surface area contributed by atoms with Crippen LogP contribution in [0.15, 0.2) is 35.9 Å². The lowest BCUT2D eigenvalue weighted by molar-refractivity contribution is -0.166. The zero-order valence-corrected chi connectivity index (χ0v) is 21.6. The van der Waals surface area contributed by atoms with E-state index in [1.807, 2.05) is 12.1 Å². The Kier molecular flexibility index (Phi) is 7.93. The fraction of sp³-hybridized carbons (Fsp3) is 0.593. The van der Waals surface area contributed by atoms with Gasteiger partial charge >= 0.3 is 5.97 Å². The van der Waals surface area contributed by atoms with Crippen LogP contribution in [0, 0.1) is 5.92 Å². The van der Waals surface area contributed by atoms with Gasteiger partial charge in [0.1, 0.15) is 23.4 Å². The summed E-state index contributed by atoms with van der Waals surface area (Å²) in [6.45, 7) is 7.38. The Hall–Kier alpha value is -1.90. The number of halogens is 1. The van der Waals surface area contributed by atoms with Crippen LogP contribution in [0.3, 0.4) is 0 Å². The van der Waals surface area contributed by atoms with Gasteiger partial charge in [-0.3, -0.25) is 0 Å². The van der Waals surface area contributed by atoms with E-state index in [0.29, 0.717) is 30.3 Å². The SMILES string of the molecule is CO[C@@H]1[C@H](OC(=O)/C=C/c2ccc(Cl)c(NCCO)c2)CC[C@]2(CO2)[C@H]1[C@@]1(C)O[C@@H]1CC=C(C)C. The highest BCUT2D eigenvalue weighted by molar-refractivity contribution is 6.33. The van der Waals surface area contributed by atoms with Gasteiger partial charge in [-0.1, -0.05) is 29.3 Å². The van der Waals surface area contributed by atoms with E-state index in [2.05, 4.69) is 32.2 Å². The largest absolute Gasteiger partial charge is 0.456 e. The monoisotopic (exact) mass is 505 g/mol. The number of benzene rings is 1. The number of rotatable bonds is 10. The maximum absolute atomic E-state index is 12.8. The number of hydrogen-bond acceptors (Lipinski definition) is 7. The first-order valence-corrected chi connectivity index (χ1v) is 12.6. The number of allylic oxidation sites excluding steroid dienone is 1. The second-order valence-electron chi connectivity index (χ2n) is 10.1. The number of hydrogen-bond donors (Lipinski definition) is 2. The van der Waals surface area contributed by atoms with Gasteiger partial charge in [0.25, 0.3) is 0 Å². The lowest BCUT2D eigenvalue weighted by atomic mass is 9.68. The first-order valence-electron chi connectivity index (χ1n) is 12.2. The Morgan fingerprint density at radius 2 is 2.14 bits per heavy atom. The van der Waals surface area contributed by atoms with Crippen molar-refractivity contribution < 1.29 is 28.8 Å². The van der Waals surface area contributed by atoms with Crippen LogP contribution >= 0.6 is 11.6 Å². The molecule has 7 nitrogen and oxygen atoms in total. The van der Waals surface area contributed by atoms with E-state index in [1.165, 1.54) is 11.6 Å². The average Bonchev–Trinajstić information content (AvgIpc) is 3.74. The third-order valence-corrected chi connectivity index (χ3v) is 7.66. The number of anilines is 1. The van der Waals surface area contributed by atoms with Gasteiger partial charge in [-0.15, -0.1) is 0 Å². The van der Waals surface area contributed by atoms with Crippen molar-refractivity contribution in [2.45, 2.75) is 69.5 Å². The molecule has 0 aromatic heterocycles. The van der Waals surface area contributed by atoms with E-state index in [9.17, 15) is 4.79 Å². The molecule has 4 rings (SSSR count). The minimum atomic E-state index is -0.425. The topological polar surface area (TPSA) is 92.9 Å². The first-order chi connectivity index (χ1) is 16.7. The minimum Gasteiger partial charge on any atom is -0.456 e. The quantitative estimate of drug-likeness (QED) is 0.211. The Morgan fingerprint density at radius 1 is 1.37 bits per heavy atom. The lowest BCUT2D eigenvalue weighted by Gasteiger charge is -2.42. The highest BCUT2D eigenvalue weighted by Crippen LogP contribution is 2.59. The number of methoxy groups -OCH3 is 1. The van der Waals surface area contributed by atoms with E-state index >= 15 is 0 Å². The Morgan fingerprint density at radius 3 is 2.80 bits per heavy atom. The third-order valence-electron chi connectivity index (χ3n) is 7.33. The van der Waals surface area contributed by atoms with Gasteiger partial charge < -0.3 is 29.4 Å². The second-order valence-corrected chi connectivity index (χ2v) is 10.5. The van der Waals surface area contributed by atoms with Gasteiger partial charge in [-0.05, 0) is 63.8 Å². The smallest absolute Gasteiger partial charge is 0.331 e. The maximum atomic E-state index is 12.8. The van der Waals surface area contributed by atoms with E-state index in [4.69, 9.17) is 35.7 Å².